The number of hydrogen-bond donors (Lipinski definition) is 1. The Kier molecular flexibility index (Phi) is 4.84. The Balaban J connectivity index is 2.02. The number of nitrogens with one attached hydrogen (secondary N) is 1. The van der Waals surface area contributed by atoms with Crippen LogP contribution in [0, 0.1) is 0 Å². The summed E-state index contributed by atoms with van der Waals surface area (Å²) in [4.78, 5) is 15.8. The minimum absolute atomic E-state index is 0.293. The van der Waals surface area contributed by atoms with E-state index in [1.54, 1.807) is 56.0 Å². The van der Waals surface area contributed by atoms with Gasteiger partial charge >= 0.3 is 0 Å². The van der Waals surface area contributed by atoms with E-state index < -0.39 is 0 Å². The lowest BCUT2D eigenvalue weighted by atomic mass is 10.2. The number of ether oxygens (including phenoxy) is 1. The van der Waals surface area contributed by atoms with E-state index in [2.05, 4.69) is 31.4 Å². The minimum Gasteiger partial charge on any atom is -0.496 e. The van der Waals surface area contributed by atoms with Crippen LogP contribution in [0.4, 0.5) is 0 Å². The van der Waals surface area contributed by atoms with Crippen molar-refractivity contribution in [3.63, 3.8) is 0 Å². The molecule has 6 heteroatoms. The molecular formula is C14H12BrN3O2. The number of methoxy groups -OCH3 is 1. The van der Waals surface area contributed by atoms with Crippen molar-refractivity contribution >= 4 is 28.1 Å². The number of halogens is 1. The third kappa shape index (κ3) is 3.64. The fourth-order valence-electron chi connectivity index (χ4n) is 1.49. The van der Waals surface area contributed by atoms with Gasteiger partial charge in [-0.15, -0.1) is 0 Å². The van der Waals surface area contributed by atoms with E-state index in [0.717, 1.165) is 5.56 Å². The average Bonchev–Trinajstić information content (AvgIpc) is 2.48. The predicted octanol–water partition coefficient (Wildman–Crippen LogP) is 2.62. The molecule has 0 fully saturated rings. The first-order chi connectivity index (χ1) is 9.70. The summed E-state index contributed by atoms with van der Waals surface area (Å²) in [5.41, 5.74) is 3.81. The van der Waals surface area contributed by atoms with E-state index in [4.69, 9.17) is 4.74 Å². The van der Waals surface area contributed by atoms with Gasteiger partial charge in [0, 0.05) is 18.0 Å². The van der Waals surface area contributed by atoms with Gasteiger partial charge in [-0.25, -0.2) is 5.43 Å². The van der Waals surface area contributed by atoms with Gasteiger partial charge in [0.1, 0.15) is 5.75 Å². The quantitative estimate of drug-likeness (QED) is 0.691. The fraction of sp³-hybridized carbons (Fsp3) is 0.0714. The molecule has 0 unspecified atom stereocenters. The maximum absolute atomic E-state index is 11.9. The Morgan fingerprint density at radius 1 is 1.35 bits per heavy atom. The molecule has 0 atom stereocenters. The molecule has 20 heavy (non-hydrogen) atoms. The molecule has 0 bridgehead atoms. The van der Waals surface area contributed by atoms with Gasteiger partial charge in [0.25, 0.3) is 5.91 Å². The second kappa shape index (κ2) is 6.81. The van der Waals surface area contributed by atoms with E-state index in [1.807, 2.05) is 0 Å². The van der Waals surface area contributed by atoms with Crippen LogP contribution in [-0.2, 0) is 0 Å². The van der Waals surface area contributed by atoms with E-state index in [1.165, 1.54) is 0 Å². The van der Waals surface area contributed by atoms with Crippen molar-refractivity contribution in [3.8, 4) is 5.75 Å². The Bertz CT molecular complexity index is 630. The lowest BCUT2D eigenvalue weighted by Gasteiger charge is -2.05. The maximum Gasteiger partial charge on any atom is 0.271 e. The monoisotopic (exact) mass is 333 g/mol. The smallest absolute Gasteiger partial charge is 0.271 e. The summed E-state index contributed by atoms with van der Waals surface area (Å²) in [5, 5.41) is 3.89. The molecule has 5 nitrogen and oxygen atoms in total. The number of aromatic nitrogens is 1. The largest absolute Gasteiger partial charge is 0.496 e. The third-order valence-electron chi connectivity index (χ3n) is 2.50. The molecule has 2 aromatic rings. The number of benzene rings is 1. The standard InChI is InChI=1S/C14H12BrN3O2/c1-20-13-3-2-11(8-12(13)15)14(19)18-17-9-10-4-6-16-7-5-10/h2-9H,1H3,(H,18,19)/b17-9+. The first-order valence-corrected chi connectivity index (χ1v) is 6.57. The van der Waals surface area contributed by atoms with Crippen molar-refractivity contribution in [3.05, 3.63) is 58.3 Å². The Labute approximate surface area is 124 Å². The van der Waals surface area contributed by atoms with Crippen LogP contribution in [0.5, 0.6) is 5.75 Å². The topological polar surface area (TPSA) is 63.6 Å². The molecule has 0 aliphatic heterocycles. The highest BCUT2D eigenvalue weighted by Crippen LogP contribution is 2.25. The number of nitrogens with zero attached hydrogens (tertiary/aromatic N) is 2. The van der Waals surface area contributed by atoms with E-state index in [9.17, 15) is 4.79 Å². The second-order valence-electron chi connectivity index (χ2n) is 3.83. The summed E-state index contributed by atoms with van der Waals surface area (Å²) >= 11 is 3.33. The third-order valence-corrected chi connectivity index (χ3v) is 3.12. The molecule has 0 saturated heterocycles. The van der Waals surface area contributed by atoms with Crippen molar-refractivity contribution in [1.29, 1.82) is 0 Å². The fourth-order valence-corrected chi connectivity index (χ4v) is 2.03. The SMILES string of the molecule is COc1ccc(C(=O)N/N=C/c2ccncc2)cc1Br. The number of pyridine rings is 1. The summed E-state index contributed by atoms with van der Waals surface area (Å²) < 4.78 is 5.82. The number of rotatable bonds is 4. The number of hydrogen-bond acceptors (Lipinski definition) is 4. The summed E-state index contributed by atoms with van der Waals surface area (Å²) in [6, 6.07) is 8.64. The molecule has 1 aromatic carbocycles. The average molecular weight is 334 g/mol. The van der Waals surface area contributed by atoms with Gasteiger partial charge in [-0.1, -0.05) is 0 Å². The molecule has 2 rings (SSSR count). The van der Waals surface area contributed by atoms with Crippen LogP contribution < -0.4 is 10.2 Å². The van der Waals surface area contributed by atoms with E-state index in [0.29, 0.717) is 15.8 Å². The number of carbonyl (C=O) groups excluding carboxylic acids is 1. The zero-order valence-corrected chi connectivity index (χ0v) is 12.3. The number of carbonyl (C=O) groups is 1. The van der Waals surface area contributed by atoms with Gasteiger partial charge in [-0.05, 0) is 51.8 Å². The molecule has 0 aliphatic carbocycles. The molecule has 1 amide bonds. The van der Waals surface area contributed by atoms with Crippen LogP contribution >= 0.6 is 15.9 Å². The van der Waals surface area contributed by atoms with Crippen molar-refractivity contribution in [2.75, 3.05) is 7.11 Å². The first-order valence-electron chi connectivity index (χ1n) is 5.77. The Morgan fingerprint density at radius 3 is 2.75 bits per heavy atom. The summed E-state index contributed by atoms with van der Waals surface area (Å²) in [5.74, 6) is 0.375. The molecule has 1 N–H and O–H groups in total. The van der Waals surface area contributed by atoms with Crippen LogP contribution in [0.2, 0.25) is 0 Å². The lowest BCUT2D eigenvalue weighted by molar-refractivity contribution is 0.0955. The Morgan fingerprint density at radius 2 is 2.10 bits per heavy atom. The highest BCUT2D eigenvalue weighted by molar-refractivity contribution is 9.10. The molecule has 102 valence electrons. The van der Waals surface area contributed by atoms with Crippen LogP contribution in [0.15, 0.2) is 52.3 Å². The normalized spacial score (nSPS) is 10.5. The van der Waals surface area contributed by atoms with Gasteiger partial charge < -0.3 is 4.74 Å². The molecule has 1 aromatic heterocycles. The highest BCUT2D eigenvalue weighted by Gasteiger charge is 2.07. The van der Waals surface area contributed by atoms with Crippen molar-refractivity contribution in [2.24, 2.45) is 5.10 Å². The zero-order valence-electron chi connectivity index (χ0n) is 10.7. The van der Waals surface area contributed by atoms with E-state index >= 15 is 0 Å². The summed E-state index contributed by atoms with van der Waals surface area (Å²) in [6.07, 6.45) is 4.87. The van der Waals surface area contributed by atoms with Crippen molar-refractivity contribution in [1.82, 2.24) is 10.4 Å². The summed E-state index contributed by atoms with van der Waals surface area (Å²) in [7, 11) is 1.57. The van der Waals surface area contributed by atoms with Crippen molar-refractivity contribution < 1.29 is 9.53 Å². The Hall–Kier alpha value is -2.21. The van der Waals surface area contributed by atoms with E-state index in [-0.39, 0.29) is 5.91 Å². The van der Waals surface area contributed by atoms with Gasteiger partial charge in [-0.2, -0.15) is 5.10 Å². The molecule has 1 heterocycles. The molecule has 0 spiro atoms. The maximum atomic E-state index is 11.9. The number of hydrazone groups is 1. The number of amides is 1. The van der Waals surface area contributed by atoms with Gasteiger partial charge in [-0.3, -0.25) is 9.78 Å². The van der Waals surface area contributed by atoms with Crippen LogP contribution in [0.3, 0.4) is 0 Å². The van der Waals surface area contributed by atoms with Crippen molar-refractivity contribution in [2.45, 2.75) is 0 Å². The molecule has 0 saturated carbocycles. The van der Waals surface area contributed by atoms with Crippen LogP contribution in [-0.4, -0.2) is 24.2 Å². The lowest BCUT2D eigenvalue weighted by Crippen LogP contribution is -2.17. The minimum atomic E-state index is -0.293. The second-order valence-corrected chi connectivity index (χ2v) is 4.68. The van der Waals surface area contributed by atoms with Crippen LogP contribution in [0.25, 0.3) is 0 Å². The molecular weight excluding hydrogens is 322 g/mol. The van der Waals surface area contributed by atoms with Gasteiger partial charge in [0.05, 0.1) is 17.8 Å². The van der Waals surface area contributed by atoms with Crippen LogP contribution in [0.1, 0.15) is 15.9 Å². The molecule has 0 aliphatic rings. The van der Waals surface area contributed by atoms with Gasteiger partial charge in [0.15, 0.2) is 0 Å². The first kappa shape index (κ1) is 14.2. The summed E-state index contributed by atoms with van der Waals surface area (Å²) in [6.45, 7) is 0. The predicted molar refractivity (Wildman–Crippen MR) is 80.0 cm³/mol. The highest BCUT2D eigenvalue weighted by atomic mass is 79.9. The zero-order chi connectivity index (χ0) is 14.4. The van der Waals surface area contributed by atoms with Gasteiger partial charge in [0.2, 0.25) is 0 Å². The molecule has 0 radical (unpaired) electrons.